The van der Waals surface area contributed by atoms with Crippen molar-refractivity contribution in [2.24, 2.45) is 11.7 Å². The molecule has 3 fully saturated rings. The first kappa shape index (κ1) is 15.2. The van der Waals surface area contributed by atoms with E-state index >= 15 is 0 Å². The molecule has 120 valence electrons. The highest BCUT2D eigenvalue weighted by molar-refractivity contribution is 5.80. The Bertz CT molecular complexity index is 360. The van der Waals surface area contributed by atoms with E-state index in [4.69, 9.17) is 15.2 Å². The van der Waals surface area contributed by atoms with Gasteiger partial charge in [0, 0.05) is 38.8 Å². The molecule has 3 heterocycles. The van der Waals surface area contributed by atoms with E-state index in [9.17, 15) is 4.79 Å². The Balaban J connectivity index is 1.49. The monoisotopic (exact) mass is 297 g/mol. The Morgan fingerprint density at radius 1 is 1.14 bits per heavy atom. The quantitative estimate of drug-likeness (QED) is 0.773. The van der Waals surface area contributed by atoms with Crippen LogP contribution in [0.3, 0.4) is 0 Å². The number of nitrogens with zero attached hydrogens (tertiary/aromatic N) is 2. The highest BCUT2D eigenvalue weighted by atomic mass is 16.5. The molecule has 3 rings (SSSR count). The van der Waals surface area contributed by atoms with Crippen LogP contribution >= 0.6 is 0 Å². The van der Waals surface area contributed by atoms with E-state index in [1.807, 2.05) is 4.90 Å². The van der Waals surface area contributed by atoms with Gasteiger partial charge in [0.2, 0.25) is 5.91 Å². The van der Waals surface area contributed by atoms with E-state index in [-0.39, 0.29) is 17.9 Å². The molecule has 0 radical (unpaired) electrons. The van der Waals surface area contributed by atoms with Crippen molar-refractivity contribution in [3.05, 3.63) is 0 Å². The highest BCUT2D eigenvalue weighted by Crippen LogP contribution is 2.18. The van der Waals surface area contributed by atoms with Gasteiger partial charge in [0.25, 0.3) is 0 Å². The first-order valence-electron chi connectivity index (χ1n) is 8.20. The molecular formula is C15H27N3O3. The predicted molar refractivity (Wildman–Crippen MR) is 78.9 cm³/mol. The van der Waals surface area contributed by atoms with Gasteiger partial charge in [0.15, 0.2) is 0 Å². The summed E-state index contributed by atoms with van der Waals surface area (Å²) in [5, 5.41) is 0. The number of hydrogen-bond acceptors (Lipinski definition) is 5. The van der Waals surface area contributed by atoms with Gasteiger partial charge < -0.3 is 20.1 Å². The van der Waals surface area contributed by atoms with E-state index in [0.717, 1.165) is 45.8 Å². The highest BCUT2D eigenvalue weighted by Gasteiger charge is 2.35. The van der Waals surface area contributed by atoms with E-state index < -0.39 is 0 Å². The molecule has 3 atom stereocenters. The van der Waals surface area contributed by atoms with Gasteiger partial charge in [-0.3, -0.25) is 9.69 Å². The van der Waals surface area contributed by atoms with Crippen LogP contribution in [0.4, 0.5) is 0 Å². The van der Waals surface area contributed by atoms with Crippen molar-refractivity contribution in [1.82, 2.24) is 9.80 Å². The molecule has 1 amide bonds. The average molecular weight is 297 g/mol. The lowest BCUT2D eigenvalue weighted by Crippen LogP contribution is -2.45. The second kappa shape index (κ2) is 7.05. The molecular weight excluding hydrogens is 270 g/mol. The van der Waals surface area contributed by atoms with Gasteiger partial charge in [-0.2, -0.15) is 0 Å². The van der Waals surface area contributed by atoms with Gasteiger partial charge in [-0.25, -0.2) is 0 Å². The third-order valence-electron chi connectivity index (χ3n) is 4.83. The fraction of sp³-hybridized carbons (Fsp3) is 0.933. The van der Waals surface area contributed by atoms with Gasteiger partial charge in [0.05, 0.1) is 25.2 Å². The third kappa shape index (κ3) is 3.74. The lowest BCUT2D eigenvalue weighted by Gasteiger charge is -2.26. The minimum Gasteiger partial charge on any atom is -0.379 e. The maximum atomic E-state index is 12.5. The Hall–Kier alpha value is -0.690. The summed E-state index contributed by atoms with van der Waals surface area (Å²) in [6, 6.07) is -0.135. The summed E-state index contributed by atoms with van der Waals surface area (Å²) >= 11 is 0. The van der Waals surface area contributed by atoms with Gasteiger partial charge >= 0.3 is 0 Å². The smallest absolute Gasteiger partial charge is 0.229 e. The number of nitrogens with two attached hydrogens (primary N) is 1. The lowest BCUT2D eigenvalue weighted by molar-refractivity contribution is -0.135. The van der Waals surface area contributed by atoms with Crippen molar-refractivity contribution < 1.29 is 14.3 Å². The predicted octanol–water partition coefficient (Wildman–Crippen LogP) is -0.327. The minimum absolute atomic E-state index is 0.135. The van der Waals surface area contributed by atoms with Crippen molar-refractivity contribution in [2.75, 3.05) is 52.5 Å². The molecule has 0 saturated carbocycles. The Morgan fingerprint density at radius 3 is 2.76 bits per heavy atom. The number of rotatable bonds is 3. The number of hydrogen-bond donors (Lipinski definition) is 1. The van der Waals surface area contributed by atoms with E-state index in [2.05, 4.69) is 4.90 Å². The van der Waals surface area contributed by atoms with E-state index in [1.54, 1.807) is 0 Å². The summed E-state index contributed by atoms with van der Waals surface area (Å²) in [6.45, 7) is 6.53. The molecule has 3 saturated heterocycles. The maximum absolute atomic E-state index is 12.5. The fourth-order valence-corrected chi connectivity index (χ4v) is 3.51. The summed E-state index contributed by atoms with van der Waals surface area (Å²) in [7, 11) is 0. The van der Waals surface area contributed by atoms with Crippen molar-refractivity contribution >= 4 is 5.91 Å². The number of carbonyl (C=O) groups is 1. The van der Waals surface area contributed by atoms with Crippen LogP contribution in [0, 0.1) is 5.92 Å². The van der Waals surface area contributed by atoms with E-state index in [0.29, 0.717) is 19.3 Å². The molecule has 0 aliphatic carbocycles. The van der Waals surface area contributed by atoms with Crippen molar-refractivity contribution in [3.8, 4) is 0 Å². The molecule has 0 spiro atoms. The second-order valence-electron chi connectivity index (χ2n) is 6.42. The minimum atomic E-state index is -0.144. The molecule has 3 aliphatic rings. The molecule has 0 aromatic heterocycles. The summed E-state index contributed by atoms with van der Waals surface area (Å²) in [4.78, 5) is 17.0. The lowest BCUT2D eigenvalue weighted by atomic mass is 10.0. The van der Waals surface area contributed by atoms with Crippen molar-refractivity contribution in [2.45, 2.75) is 31.4 Å². The van der Waals surface area contributed by atoms with Gasteiger partial charge in [0.1, 0.15) is 0 Å². The van der Waals surface area contributed by atoms with Crippen LogP contribution in [0.15, 0.2) is 0 Å². The van der Waals surface area contributed by atoms with Crippen molar-refractivity contribution in [1.29, 1.82) is 0 Å². The standard InChI is InChI=1S/C15H27N3O3/c16-14-11-20-10-13(14)15(19)18-5-2-4-17(6-7-18)9-12-3-1-8-21-12/h12-14H,1-11,16H2. The first-order valence-corrected chi connectivity index (χ1v) is 8.20. The number of ether oxygens (including phenoxy) is 2. The molecule has 0 aromatic rings. The van der Waals surface area contributed by atoms with E-state index in [1.165, 1.54) is 12.8 Å². The van der Waals surface area contributed by atoms with Crippen LogP contribution in [-0.2, 0) is 14.3 Å². The zero-order valence-corrected chi connectivity index (χ0v) is 12.7. The Labute approximate surface area is 126 Å². The average Bonchev–Trinajstić information content (AvgIpc) is 3.07. The molecule has 2 N–H and O–H groups in total. The van der Waals surface area contributed by atoms with Crippen LogP contribution in [0.1, 0.15) is 19.3 Å². The Morgan fingerprint density at radius 2 is 2.05 bits per heavy atom. The van der Waals surface area contributed by atoms with Crippen LogP contribution < -0.4 is 5.73 Å². The largest absolute Gasteiger partial charge is 0.379 e. The fourth-order valence-electron chi connectivity index (χ4n) is 3.51. The molecule has 3 unspecified atom stereocenters. The molecule has 6 nitrogen and oxygen atoms in total. The normalized spacial score (nSPS) is 35.1. The Kier molecular flexibility index (Phi) is 5.11. The summed E-state index contributed by atoms with van der Waals surface area (Å²) < 4.78 is 11.0. The summed E-state index contributed by atoms with van der Waals surface area (Å²) in [5.74, 6) is 0.0358. The molecule has 21 heavy (non-hydrogen) atoms. The van der Waals surface area contributed by atoms with Gasteiger partial charge in [-0.15, -0.1) is 0 Å². The second-order valence-corrected chi connectivity index (χ2v) is 6.42. The number of carbonyl (C=O) groups excluding carboxylic acids is 1. The summed E-state index contributed by atoms with van der Waals surface area (Å²) in [6.07, 6.45) is 3.78. The third-order valence-corrected chi connectivity index (χ3v) is 4.83. The topological polar surface area (TPSA) is 68.0 Å². The summed E-state index contributed by atoms with van der Waals surface area (Å²) in [5.41, 5.74) is 5.96. The number of amides is 1. The van der Waals surface area contributed by atoms with Crippen LogP contribution in [0.2, 0.25) is 0 Å². The molecule has 6 heteroatoms. The van der Waals surface area contributed by atoms with Crippen LogP contribution in [-0.4, -0.2) is 80.4 Å². The van der Waals surface area contributed by atoms with Crippen LogP contribution in [0.5, 0.6) is 0 Å². The maximum Gasteiger partial charge on any atom is 0.229 e. The van der Waals surface area contributed by atoms with Gasteiger partial charge in [-0.1, -0.05) is 0 Å². The first-order chi connectivity index (χ1) is 10.2. The molecule has 3 aliphatic heterocycles. The van der Waals surface area contributed by atoms with Crippen molar-refractivity contribution in [3.63, 3.8) is 0 Å². The molecule has 0 aromatic carbocycles. The van der Waals surface area contributed by atoms with Crippen LogP contribution in [0.25, 0.3) is 0 Å². The SMILES string of the molecule is NC1COCC1C(=O)N1CCCN(CC2CCCO2)CC1. The zero-order valence-electron chi connectivity index (χ0n) is 12.7. The van der Waals surface area contributed by atoms with Gasteiger partial charge in [-0.05, 0) is 25.8 Å². The molecule has 0 bridgehead atoms. The zero-order chi connectivity index (χ0) is 14.7.